The molecule has 88 valence electrons. The summed E-state index contributed by atoms with van der Waals surface area (Å²) in [6, 6.07) is 6.78. The first-order chi connectivity index (χ1) is 8.20. The van der Waals surface area contributed by atoms with Gasteiger partial charge in [-0.15, -0.1) is 0 Å². The van der Waals surface area contributed by atoms with E-state index in [4.69, 9.17) is 0 Å². The van der Waals surface area contributed by atoms with Gasteiger partial charge >= 0.3 is 0 Å². The molecule has 0 radical (unpaired) electrons. The molecule has 0 atom stereocenters. The van der Waals surface area contributed by atoms with Gasteiger partial charge in [0, 0.05) is 18.3 Å². The van der Waals surface area contributed by atoms with Crippen LogP contribution in [0.25, 0.3) is 11.3 Å². The lowest BCUT2D eigenvalue weighted by molar-refractivity contribution is 0.619. The molecule has 1 heterocycles. The summed E-state index contributed by atoms with van der Waals surface area (Å²) in [4.78, 5) is 8.46. The fraction of sp³-hybridized carbons (Fsp3) is 0.231. The summed E-state index contributed by atoms with van der Waals surface area (Å²) in [6.07, 6.45) is 1.69. The summed E-state index contributed by atoms with van der Waals surface area (Å²) in [5.41, 5.74) is 2.30. The van der Waals surface area contributed by atoms with Gasteiger partial charge in [0.15, 0.2) is 0 Å². The van der Waals surface area contributed by atoms with Crippen LogP contribution in [-0.2, 0) is 0 Å². The van der Waals surface area contributed by atoms with E-state index in [-0.39, 0.29) is 5.82 Å². The number of hydrogen-bond acceptors (Lipinski definition) is 3. The predicted molar refractivity (Wildman–Crippen MR) is 66.3 cm³/mol. The van der Waals surface area contributed by atoms with Gasteiger partial charge < -0.3 is 5.32 Å². The van der Waals surface area contributed by atoms with Gasteiger partial charge in [-0.3, -0.25) is 0 Å². The van der Waals surface area contributed by atoms with Gasteiger partial charge in [0.2, 0.25) is 5.95 Å². The average molecular weight is 231 g/mol. The summed E-state index contributed by atoms with van der Waals surface area (Å²) in [5.74, 6) is 0.390. The minimum Gasteiger partial charge on any atom is -0.354 e. The summed E-state index contributed by atoms with van der Waals surface area (Å²) in [6.45, 7) is 4.50. The molecule has 4 heteroatoms. The molecule has 17 heavy (non-hydrogen) atoms. The van der Waals surface area contributed by atoms with Gasteiger partial charge in [-0.05, 0) is 43.7 Å². The standard InChI is InChI=1S/C13H14FN3/c1-3-15-13-16-7-6-12(17-13)10-4-5-11(14)9(2)8-10/h4-8H,3H2,1-2H3,(H,15,16,17). The molecule has 0 saturated heterocycles. The van der Waals surface area contributed by atoms with Gasteiger partial charge in [0.25, 0.3) is 0 Å². The van der Waals surface area contributed by atoms with Crippen molar-refractivity contribution in [2.45, 2.75) is 13.8 Å². The highest BCUT2D eigenvalue weighted by atomic mass is 19.1. The largest absolute Gasteiger partial charge is 0.354 e. The molecule has 3 nitrogen and oxygen atoms in total. The topological polar surface area (TPSA) is 37.8 Å². The fourth-order valence-corrected chi connectivity index (χ4v) is 1.57. The normalized spacial score (nSPS) is 10.3. The quantitative estimate of drug-likeness (QED) is 0.882. The lowest BCUT2D eigenvalue weighted by Gasteiger charge is -2.05. The Kier molecular flexibility index (Phi) is 3.32. The molecule has 1 aromatic heterocycles. The Labute approximate surface area is 99.7 Å². The van der Waals surface area contributed by atoms with Gasteiger partial charge in [-0.2, -0.15) is 0 Å². The van der Waals surface area contributed by atoms with Crippen molar-refractivity contribution in [3.05, 3.63) is 41.8 Å². The molecule has 2 aromatic rings. The monoisotopic (exact) mass is 231 g/mol. The lowest BCUT2D eigenvalue weighted by Crippen LogP contribution is -2.02. The number of aromatic nitrogens is 2. The van der Waals surface area contributed by atoms with Crippen molar-refractivity contribution < 1.29 is 4.39 Å². The van der Waals surface area contributed by atoms with E-state index < -0.39 is 0 Å². The zero-order valence-corrected chi connectivity index (χ0v) is 9.87. The van der Waals surface area contributed by atoms with Crippen molar-refractivity contribution in [3.8, 4) is 11.3 Å². The Bertz CT molecular complexity index is 526. The highest BCUT2D eigenvalue weighted by Crippen LogP contribution is 2.20. The van der Waals surface area contributed by atoms with Crippen molar-refractivity contribution in [2.24, 2.45) is 0 Å². The molecular formula is C13H14FN3. The van der Waals surface area contributed by atoms with Gasteiger partial charge in [0.1, 0.15) is 5.82 Å². The smallest absolute Gasteiger partial charge is 0.223 e. The number of anilines is 1. The van der Waals surface area contributed by atoms with Crippen LogP contribution in [0.5, 0.6) is 0 Å². The van der Waals surface area contributed by atoms with Crippen molar-refractivity contribution >= 4 is 5.95 Å². The van der Waals surface area contributed by atoms with Crippen LogP contribution < -0.4 is 5.32 Å². The number of benzene rings is 1. The van der Waals surface area contributed by atoms with Crippen LogP contribution in [0.1, 0.15) is 12.5 Å². The Hall–Kier alpha value is -1.97. The molecule has 0 fully saturated rings. The van der Waals surface area contributed by atoms with E-state index in [1.165, 1.54) is 6.07 Å². The molecule has 1 aromatic carbocycles. The molecule has 0 spiro atoms. The Morgan fingerprint density at radius 3 is 2.82 bits per heavy atom. The second kappa shape index (κ2) is 4.91. The van der Waals surface area contributed by atoms with E-state index in [0.29, 0.717) is 11.5 Å². The van der Waals surface area contributed by atoms with Crippen LogP contribution in [0.4, 0.5) is 10.3 Å². The van der Waals surface area contributed by atoms with Gasteiger partial charge in [0.05, 0.1) is 5.69 Å². The minimum absolute atomic E-state index is 0.199. The maximum absolute atomic E-state index is 13.2. The molecule has 0 amide bonds. The molecule has 0 bridgehead atoms. The molecule has 1 N–H and O–H groups in total. The predicted octanol–water partition coefficient (Wildman–Crippen LogP) is 3.02. The van der Waals surface area contributed by atoms with Gasteiger partial charge in [-0.25, -0.2) is 14.4 Å². The average Bonchev–Trinajstić information content (AvgIpc) is 2.33. The van der Waals surface area contributed by atoms with E-state index in [2.05, 4.69) is 15.3 Å². The Balaban J connectivity index is 2.38. The van der Waals surface area contributed by atoms with Gasteiger partial charge in [-0.1, -0.05) is 0 Å². The highest BCUT2D eigenvalue weighted by molar-refractivity contribution is 5.60. The third-order valence-electron chi connectivity index (χ3n) is 2.44. The Morgan fingerprint density at radius 1 is 1.29 bits per heavy atom. The van der Waals surface area contributed by atoms with Crippen LogP contribution in [0.3, 0.4) is 0 Å². The summed E-state index contributed by atoms with van der Waals surface area (Å²) >= 11 is 0. The molecule has 0 aliphatic rings. The van der Waals surface area contributed by atoms with Crippen molar-refractivity contribution in [3.63, 3.8) is 0 Å². The number of nitrogens with zero attached hydrogens (tertiary/aromatic N) is 2. The Morgan fingerprint density at radius 2 is 2.12 bits per heavy atom. The second-order valence-electron chi connectivity index (χ2n) is 3.76. The van der Waals surface area contributed by atoms with E-state index in [1.54, 1.807) is 25.3 Å². The van der Waals surface area contributed by atoms with Crippen molar-refractivity contribution in [2.75, 3.05) is 11.9 Å². The maximum atomic E-state index is 13.2. The van der Waals surface area contributed by atoms with E-state index in [1.807, 2.05) is 13.0 Å². The maximum Gasteiger partial charge on any atom is 0.223 e. The van der Waals surface area contributed by atoms with E-state index in [0.717, 1.165) is 17.8 Å². The molecule has 0 aliphatic heterocycles. The number of aryl methyl sites for hydroxylation is 1. The number of nitrogens with one attached hydrogen (secondary N) is 1. The first-order valence-electron chi connectivity index (χ1n) is 5.54. The first kappa shape index (κ1) is 11.5. The van der Waals surface area contributed by atoms with Crippen LogP contribution >= 0.6 is 0 Å². The minimum atomic E-state index is -0.199. The molecular weight excluding hydrogens is 217 g/mol. The highest BCUT2D eigenvalue weighted by Gasteiger charge is 2.04. The molecule has 0 unspecified atom stereocenters. The number of rotatable bonds is 3. The van der Waals surface area contributed by atoms with Crippen LogP contribution in [0, 0.1) is 12.7 Å². The number of halogens is 1. The van der Waals surface area contributed by atoms with Crippen LogP contribution in [0.2, 0.25) is 0 Å². The van der Waals surface area contributed by atoms with Crippen molar-refractivity contribution in [1.29, 1.82) is 0 Å². The van der Waals surface area contributed by atoms with E-state index in [9.17, 15) is 4.39 Å². The molecule has 0 saturated carbocycles. The summed E-state index contributed by atoms with van der Waals surface area (Å²) < 4.78 is 13.2. The van der Waals surface area contributed by atoms with E-state index >= 15 is 0 Å². The second-order valence-corrected chi connectivity index (χ2v) is 3.76. The van der Waals surface area contributed by atoms with Crippen LogP contribution in [0.15, 0.2) is 30.5 Å². The molecule has 0 aliphatic carbocycles. The SMILES string of the molecule is CCNc1nccc(-c2ccc(F)c(C)c2)n1. The summed E-state index contributed by atoms with van der Waals surface area (Å²) in [5, 5.41) is 3.05. The first-order valence-corrected chi connectivity index (χ1v) is 5.54. The fourth-order valence-electron chi connectivity index (χ4n) is 1.57. The third-order valence-corrected chi connectivity index (χ3v) is 2.44. The lowest BCUT2D eigenvalue weighted by atomic mass is 10.1. The van der Waals surface area contributed by atoms with Crippen molar-refractivity contribution in [1.82, 2.24) is 9.97 Å². The van der Waals surface area contributed by atoms with Crippen LogP contribution in [-0.4, -0.2) is 16.5 Å². The molecule has 2 rings (SSSR count). The zero-order valence-electron chi connectivity index (χ0n) is 9.87. The zero-order chi connectivity index (χ0) is 12.3. The summed E-state index contributed by atoms with van der Waals surface area (Å²) in [7, 11) is 0. The number of hydrogen-bond donors (Lipinski definition) is 1. The third kappa shape index (κ3) is 2.58.